The van der Waals surface area contributed by atoms with Gasteiger partial charge < -0.3 is 8.92 Å². The second-order valence-electron chi connectivity index (χ2n) is 8.05. The van der Waals surface area contributed by atoms with Gasteiger partial charge in [0.25, 0.3) is 0 Å². The molecule has 0 aliphatic rings. The van der Waals surface area contributed by atoms with Crippen LogP contribution < -0.4 is 8.49 Å². The number of allylic oxidation sites excluding steroid dienone is 1. The first kappa shape index (κ1) is 29.9. The summed E-state index contributed by atoms with van der Waals surface area (Å²) in [5.41, 5.74) is -6.89. The van der Waals surface area contributed by atoms with Crippen LogP contribution in [0.3, 0.4) is 0 Å². The maximum Gasteiger partial charge on any atom is 0.534 e. The number of unbranched alkanes of at least 4 members (excludes halogenated alkanes) is 1. The van der Waals surface area contributed by atoms with E-state index in [1.54, 1.807) is 0 Å². The first-order valence-electron chi connectivity index (χ1n) is 11.2. The zero-order chi connectivity index (χ0) is 29.2. The summed E-state index contributed by atoms with van der Waals surface area (Å²) in [6.45, 7) is 4.64. The Labute approximate surface area is 221 Å². The number of pyridine rings is 1. The number of benzene rings is 1. The van der Waals surface area contributed by atoms with Gasteiger partial charge in [0.05, 0.1) is 24.6 Å². The van der Waals surface area contributed by atoms with Crippen molar-refractivity contribution < 1.29 is 48.1 Å². The van der Waals surface area contributed by atoms with Crippen molar-refractivity contribution in [3.63, 3.8) is 0 Å². The SMILES string of the molecule is C=CCCCN(c1cn2nc(-c3ccc(F)cc3)c(C(=O)OCC)c2cc1OS(=O)(=O)C(F)(F)F)S(C)(=O)=O. The van der Waals surface area contributed by atoms with E-state index < -0.39 is 48.9 Å². The van der Waals surface area contributed by atoms with E-state index in [9.17, 15) is 39.2 Å². The summed E-state index contributed by atoms with van der Waals surface area (Å²) in [7, 11) is -10.5. The number of alkyl halides is 3. The highest BCUT2D eigenvalue weighted by Crippen LogP contribution is 2.38. The standard InChI is InChI=1S/C23H23F4N3O7S2/c1-4-6-7-12-30(38(3,32)33)18-14-29-17(13-19(18)37-39(34,35)23(25,26)27)20(22(31)36-5-2)21(28-29)15-8-10-16(24)11-9-15/h4,8-11,13-14H,1,5-7,12H2,2-3H3. The number of rotatable bonds is 11. The van der Waals surface area contributed by atoms with Crippen LogP contribution in [-0.2, 0) is 24.9 Å². The normalized spacial score (nSPS) is 12.4. The molecule has 39 heavy (non-hydrogen) atoms. The van der Waals surface area contributed by atoms with Gasteiger partial charge in [0.2, 0.25) is 10.0 Å². The molecular formula is C23H23F4N3O7S2. The first-order chi connectivity index (χ1) is 18.1. The Bertz CT molecular complexity index is 1600. The Morgan fingerprint density at radius 2 is 1.82 bits per heavy atom. The minimum absolute atomic E-state index is 0.0900. The molecular weight excluding hydrogens is 570 g/mol. The number of anilines is 1. The fourth-order valence-electron chi connectivity index (χ4n) is 3.54. The lowest BCUT2D eigenvalue weighted by Crippen LogP contribution is -2.33. The number of nitrogens with zero attached hydrogens (tertiary/aromatic N) is 3. The number of esters is 1. The molecule has 0 bridgehead atoms. The van der Waals surface area contributed by atoms with Crippen LogP contribution in [0, 0.1) is 5.82 Å². The highest BCUT2D eigenvalue weighted by molar-refractivity contribution is 7.92. The van der Waals surface area contributed by atoms with E-state index in [4.69, 9.17) is 4.74 Å². The average Bonchev–Trinajstić information content (AvgIpc) is 3.19. The van der Waals surface area contributed by atoms with Gasteiger partial charge in [-0.1, -0.05) is 6.08 Å². The number of carbonyl (C=O) groups is 1. The third kappa shape index (κ3) is 6.50. The van der Waals surface area contributed by atoms with Crippen LogP contribution >= 0.6 is 0 Å². The molecule has 3 rings (SSSR count). The summed E-state index contributed by atoms with van der Waals surface area (Å²) in [5.74, 6) is -2.60. The number of sulfonamides is 1. The summed E-state index contributed by atoms with van der Waals surface area (Å²) < 4.78 is 113. The van der Waals surface area contributed by atoms with E-state index in [0.717, 1.165) is 35.2 Å². The predicted molar refractivity (Wildman–Crippen MR) is 134 cm³/mol. The summed E-state index contributed by atoms with van der Waals surface area (Å²) in [5, 5.41) is 4.25. The van der Waals surface area contributed by atoms with Crippen LogP contribution in [-0.4, -0.2) is 57.3 Å². The molecule has 0 saturated heterocycles. The third-order valence-corrected chi connectivity index (χ3v) is 7.38. The van der Waals surface area contributed by atoms with Crippen molar-refractivity contribution in [2.45, 2.75) is 25.3 Å². The molecule has 0 aliphatic carbocycles. The van der Waals surface area contributed by atoms with Crippen molar-refractivity contribution >= 4 is 37.3 Å². The molecule has 16 heteroatoms. The number of aromatic nitrogens is 2. The molecule has 0 saturated carbocycles. The van der Waals surface area contributed by atoms with Crippen LogP contribution in [0.5, 0.6) is 5.75 Å². The van der Waals surface area contributed by atoms with Crippen molar-refractivity contribution in [3.8, 4) is 17.0 Å². The topological polar surface area (TPSA) is 124 Å². The van der Waals surface area contributed by atoms with E-state index in [-0.39, 0.29) is 41.9 Å². The number of halogens is 4. The molecule has 212 valence electrons. The predicted octanol–water partition coefficient (Wildman–Crippen LogP) is 4.28. The monoisotopic (exact) mass is 593 g/mol. The minimum Gasteiger partial charge on any atom is -0.462 e. The van der Waals surface area contributed by atoms with E-state index in [2.05, 4.69) is 15.9 Å². The number of carbonyl (C=O) groups excluding carboxylic acids is 1. The number of hydrogen-bond acceptors (Lipinski definition) is 8. The molecule has 10 nitrogen and oxygen atoms in total. The third-order valence-electron chi connectivity index (χ3n) is 5.23. The van der Waals surface area contributed by atoms with Gasteiger partial charge in [-0.3, -0.25) is 4.31 Å². The lowest BCUT2D eigenvalue weighted by molar-refractivity contribution is -0.0499. The van der Waals surface area contributed by atoms with E-state index >= 15 is 0 Å². The second-order valence-corrected chi connectivity index (χ2v) is 11.5. The molecule has 0 fully saturated rings. The Hall–Kier alpha value is -3.66. The Morgan fingerprint density at radius 3 is 2.36 bits per heavy atom. The van der Waals surface area contributed by atoms with Gasteiger partial charge in [0, 0.05) is 18.2 Å². The number of ether oxygens (including phenoxy) is 1. The summed E-state index contributed by atoms with van der Waals surface area (Å²) in [6.07, 6.45) is 3.68. The summed E-state index contributed by atoms with van der Waals surface area (Å²) >= 11 is 0. The molecule has 0 aliphatic heterocycles. The first-order valence-corrected chi connectivity index (χ1v) is 14.4. The van der Waals surface area contributed by atoms with Crippen molar-refractivity contribution in [2.24, 2.45) is 0 Å². The fourth-order valence-corrected chi connectivity index (χ4v) is 4.96. The second kappa shape index (κ2) is 11.2. The zero-order valence-corrected chi connectivity index (χ0v) is 22.2. The fraction of sp³-hybridized carbons (Fsp3) is 0.304. The molecule has 0 unspecified atom stereocenters. The molecule has 2 aromatic heterocycles. The van der Waals surface area contributed by atoms with Crippen LogP contribution in [0.15, 0.2) is 49.2 Å². The van der Waals surface area contributed by atoms with Gasteiger partial charge >= 0.3 is 21.6 Å². The van der Waals surface area contributed by atoms with Crippen LogP contribution in [0.1, 0.15) is 30.1 Å². The maximum atomic E-state index is 13.5. The molecule has 0 spiro atoms. The van der Waals surface area contributed by atoms with Crippen LogP contribution in [0.2, 0.25) is 0 Å². The van der Waals surface area contributed by atoms with Crippen LogP contribution in [0.25, 0.3) is 16.8 Å². The highest BCUT2D eigenvalue weighted by atomic mass is 32.2. The minimum atomic E-state index is -6.26. The number of fused-ring (bicyclic) bond motifs is 1. The number of hydrogen-bond donors (Lipinski definition) is 0. The molecule has 1 aromatic carbocycles. The highest BCUT2D eigenvalue weighted by Gasteiger charge is 2.49. The molecule has 0 N–H and O–H groups in total. The lowest BCUT2D eigenvalue weighted by Gasteiger charge is -2.24. The van der Waals surface area contributed by atoms with Gasteiger partial charge in [-0.05, 0) is 44.0 Å². The molecule has 3 aromatic rings. The molecule has 0 atom stereocenters. The molecule has 0 amide bonds. The maximum absolute atomic E-state index is 13.5. The van der Waals surface area contributed by atoms with E-state index in [0.29, 0.717) is 10.7 Å². The van der Waals surface area contributed by atoms with Crippen molar-refractivity contribution in [3.05, 3.63) is 60.6 Å². The summed E-state index contributed by atoms with van der Waals surface area (Å²) in [4.78, 5) is 12.9. The Kier molecular flexibility index (Phi) is 8.60. The van der Waals surface area contributed by atoms with Crippen molar-refractivity contribution in [1.82, 2.24) is 9.61 Å². The summed E-state index contributed by atoms with van der Waals surface area (Å²) in [6, 6.07) is 5.47. The van der Waals surface area contributed by atoms with Crippen molar-refractivity contribution in [2.75, 3.05) is 23.7 Å². The quantitative estimate of drug-likeness (QED) is 0.0806. The zero-order valence-electron chi connectivity index (χ0n) is 20.6. The van der Waals surface area contributed by atoms with Gasteiger partial charge in [0.1, 0.15) is 22.8 Å². The van der Waals surface area contributed by atoms with Crippen molar-refractivity contribution in [1.29, 1.82) is 0 Å². The Balaban J connectivity index is 2.40. The lowest BCUT2D eigenvalue weighted by atomic mass is 10.1. The molecule has 0 radical (unpaired) electrons. The Morgan fingerprint density at radius 1 is 1.18 bits per heavy atom. The largest absolute Gasteiger partial charge is 0.534 e. The van der Waals surface area contributed by atoms with E-state index in [1.165, 1.54) is 25.1 Å². The van der Waals surface area contributed by atoms with Gasteiger partial charge in [-0.15, -0.1) is 6.58 Å². The average molecular weight is 594 g/mol. The smallest absolute Gasteiger partial charge is 0.462 e. The van der Waals surface area contributed by atoms with Crippen LogP contribution in [0.4, 0.5) is 23.2 Å². The van der Waals surface area contributed by atoms with Gasteiger partial charge in [0.15, 0.2) is 5.75 Å². The van der Waals surface area contributed by atoms with Gasteiger partial charge in [-0.25, -0.2) is 22.1 Å². The van der Waals surface area contributed by atoms with Gasteiger partial charge in [-0.2, -0.15) is 26.7 Å². The molecule has 2 heterocycles. The van der Waals surface area contributed by atoms with E-state index in [1.807, 2.05) is 0 Å².